The summed E-state index contributed by atoms with van der Waals surface area (Å²) in [6.45, 7) is 1.45. The third-order valence-corrected chi connectivity index (χ3v) is 6.82. The van der Waals surface area contributed by atoms with Crippen molar-refractivity contribution in [3.8, 4) is 11.5 Å². The molecular weight excluding hydrogens is 536 g/mol. The number of hydrogen-bond donors (Lipinski definition) is 0. The minimum atomic E-state index is -1.42. The van der Waals surface area contributed by atoms with Crippen LogP contribution in [0.15, 0.2) is 36.4 Å². The van der Waals surface area contributed by atoms with Gasteiger partial charge in [0, 0.05) is 49.3 Å². The van der Waals surface area contributed by atoms with Crippen LogP contribution in [-0.2, 0) is 28.5 Å². The van der Waals surface area contributed by atoms with E-state index in [-0.39, 0.29) is 59.8 Å². The number of hydrogen-bond acceptors (Lipinski definition) is 11. The smallest absolute Gasteiger partial charge is 0.182 e. The van der Waals surface area contributed by atoms with Crippen LogP contribution in [0, 0.1) is 11.8 Å². The molecular formula is C30H30O11. The van der Waals surface area contributed by atoms with Gasteiger partial charge in [0.05, 0.1) is 39.6 Å². The maximum absolute atomic E-state index is 13.0. The minimum Gasteiger partial charge on any atom is -0.457 e. The molecule has 0 aliphatic heterocycles. The molecule has 0 N–H and O–H groups in total. The second-order valence-electron chi connectivity index (χ2n) is 9.48. The molecule has 2 aliphatic rings. The Balaban J connectivity index is 1.41. The third kappa shape index (κ3) is 6.54. The van der Waals surface area contributed by atoms with Gasteiger partial charge in [0.25, 0.3) is 0 Å². The second kappa shape index (κ2) is 13.6. The molecule has 11 heteroatoms. The molecule has 2 aliphatic carbocycles. The topological polar surface area (TPSA) is 149 Å². The first kappa shape index (κ1) is 30.1. The first-order valence-corrected chi connectivity index (χ1v) is 13.1. The lowest BCUT2D eigenvalue weighted by molar-refractivity contribution is -0.122. The molecule has 2 aromatic rings. The van der Waals surface area contributed by atoms with Gasteiger partial charge in [-0.05, 0) is 36.4 Å². The van der Waals surface area contributed by atoms with Gasteiger partial charge >= 0.3 is 0 Å². The lowest BCUT2D eigenvalue weighted by Crippen LogP contribution is -2.26. The van der Waals surface area contributed by atoms with Crippen LogP contribution in [0.2, 0.25) is 0 Å². The molecule has 0 aromatic heterocycles. The van der Waals surface area contributed by atoms with Crippen LogP contribution >= 0.6 is 0 Å². The average Bonchev–Trinajstić information content (AvgIpc) is 3.36. The molecule has 0 radical (unpaired) electrons. The van der Waals surface area contributed by atoms with E-state index in [1.165, 1.54) is 50.6 Å². The van der Waals surface area contributed by atoms with Crippen molar-refractivity contribution in [1.82, 2.24) is 0 Å². The van der Waals surface area contributed by atoms with Gasteiger partial charge < -0.3 is 23.7 Å². The zero-order chi connectivity index (χ0) is 29.5. The van der Waals surface area contributed by atoms with Gasteiger partial charge in [-0.15, -0.1) is 0 Å². The van der Waals surface area contributed by atoms with Crippen molar-refractivity contribution in [2.24, 2.45) is 11.8 Å². The van der Waals surface area contributed by atoms with E-state index in [1.807, 2.05) is 0 Å². The van der Waals surface area contributed by atoms with Gasteiger partial charge in [-0.1, -0.05) is 0 Å². The lowest BCUT2D eigenvalue weighted by atomic mass is 9.96. The summed E-state index contributed by atoms with van der Waals surface area (Å²) in [6, 6.07) is 8.52. The Hall–Kier alpha value is -3.90. The highest BCUT2D eigenvalue weighted by Gasteiger charge is 2.44. The van der Waals surface area contributed by atoms with Gasteiger partial charge in [0.1, 0.15) is 23.3 Å². The number of carbonyl (C=O) groups excluding carboxylic acids is 6. The molecule has 0 fully saturated rings. The largest absolute Gasteiger partial charge is 0.457 e. The molecule has 4 rings (SSSR count). The van der Waals surface area contributed by atoms with Crippen LogP contribution in [0.5, 0.6) is 11.5 Å². The Labute approximate surface area is 236 Å². The molecule has 0 spiro atoms. The Bertz CT molecular complexity index is 1270. The second-order valence-corrected chi connectivity index (χ2v) is 9.48. The Morgan fingerprint density at radius 2 is 0.951 bits per heavy atom. The molecule has 2 unspecified atom stereocenters. The van der Waals surface area contributed by atoms with Gasteiger partial charge in [-0.3, -0.25) is 28.8 Å². The predicted octanol–water partition coefficient (Wildman–Crippen LogP) is 2.71. The fourth-order valence-corrected chi connectivity index (χ4v) is 4.72. The van der Waals surface area contributed by atoms with Crippen LogP contribution < -0.4 is 4.74 Å². The van der Waals surface area contributed by atoms with Crippen LogP contribution in [0.25, 0.3) is 0 Å². The van der Waals surface area contributed by atoms with Crippen molar-refractivity contribution in [3.05, 3.63) is 58.7 Å². The van der Waals surface area contributed by atoms with Gasteiger partial charge in [-0.2, -0.15) is 0 Å². The van der Waals surface area contributed by atoms with Gasteiger partial charge in [-0.25, -0.2) is 0 Å². The molecule has 0 amide bonds. The predicted molar refractivity (Wildman–Crippen MR) is 142 cm³/mol. The van der Waals surface area contributed by atoms with E-state index >= 15 is 0 Å². The van der Waals surface area contributed by atoms with Crippen LogP contribution in [0.3, 0.4) is 0 Å². The van der Waals surface area contributed by atoms with E-state index in [0.29, 0.717) is 26.4 Å². The Morgan fingerprint density at radius 1 is 0.561 bits per heavy atom. The SMILES string of the molecule is COCCOCCC(=O)C1C(=O)c2ccc(Oc3ccc4c(c3)C(=O)C(C(=O)CCOCCOC)C4=O)cc2C1=O. The number of carbonyl (C=O) groups is 6. The number of rotatable bonds is 16. The average molecular weight is 567 g/mol. The summed E-state index contributed by atoms with van der Waals surface area (Å²) in [5.41, 5.74) is 0.389. The summed E-state index contributed by atoms with van der Waals surface area (Å²) in [7, 11) is 3.04. The van der Waals surface area contributed by atoms with Crippen molar-refractivity contribution in [2.75, 3.05) is 53.9 Å². The zero-order valence-electron chi connectivity index (χ0n) is 22.8. The minimum absolute atomic E-state index is 0.0666. The van der Waals surface area contributed by atoms with E-state index in [0.717, 1.165) is 0 Å². The molecule has 0 heterocycles. The van der Waals surface area contributed by atoms with Crippen LogP contribution in [0.1, 0.15) is 54.3 Å². The quantitative estimate of drug-likeness (QED) is 0.218. The number of methoxy groups -OCH3 is 2. The molecule has 2 aromatic carbocycles. The number of Topliss-reactive ketones (excluding diaryl/α,β-unsaturated/α-hetero) is 6. The summed E-state index contributed by atoms with van der Waals surface area (Å²) < 4.78 is 26.1. The van der Waals surface area contributed by atoms with Crippen molar-refractivity contribution in [3.63, 3.8) is 0 Å². The van der Waals surface area contributed by atoms with Crippen LogP contribution in [0.4, 0.5) is 0 Å². The Kier molecular flexibility index (Phi) is 10.0. The first-order chi connectivity index (χ1) is 19.8. The number of fused-ring (bicyclic) bond motifs is 2. The number of ketones is 6. The number of benzene rings is 2. The van der Waals surface area contributed by atoms with Crippen molar-refractivity contribution >= 4 is 34.7 Å². The fourth-order valence-electron chi connectivity index (χ4n) is 4.72. The molecule has 41 heavy (non-hydrogen) atoms. The highest BCUT2D eigenvalue weighted by molar-refractivity contribution is 6.36. The molecule has 0 saturated carbocycles. The maximum atomic E-state index is 13.0. The van der Waals surface area contributed by atoms with Crippen LogP contribution in [-0.4, -0.2) is 88.6 Å². The molecule has 0 saturated heterocycles. The fraction of sp³-hybridized carbons (Fsp3) is 0.400. The molecule has 2 atom stereocenters. The first-order valence-electron chi connectivity index (χ1n) is 13.1. The Morgan fingerprint density at radius 3 is 1.34 bits per heavy atom. The van der Waals surface area contributed by atoms with E-state index in [2.05, 4.69) is 0 Å². The van der Waals surface area contributed by atoms with Gasteiger partial charge in [0.15, 0.2) is 34.7 Å². The third-order valence-electron chi connectivity index (χ3n) is 6.82. The number of ether oxygens (including phenoxy) is 5. The molecule has 11 nitrogen and oxygen atoms in total. The normalized spacial score (nSPS) is 17.6. The summed E-state index contributed by atoms with van der Waals surface area (Å²) in [6.07, 6.45) is -0.176. The maximum Gasteiger partial charge on any atom is 0.182 e. The highest BCUT2D eigenvalue weighted by Crippen LogP contribution is 2.35. The molecule has 216 valence electrons. The lowest BCUT2D eigenvalue weighted by Gasteiger charge is -2.08. The summed E-state index contributed by atoms with van der Waals surface area (Å²) in [5, 5.41) is 0. The molecule has 0 bridgehead atoms. The monoisotopic (exact) mass is 566 g/mol. The van der Waals surface area contributed by atoms with E-state index in [9.17, 15) is 28.8 Å². The van der Waals surface area contributed by atoms with Crippen molar-refractivity contribution < 1.29 is 52.5 Å². The summed E-state index contributed by atoms with van der Waals surface area (Å²) >= 11 is 0. The standard InChI is InChI=1S/C30H30O11/c1-37-11-13-39-9-7-23(31)25-27(33)19-5-3-17(15-21(19)29(25)35)41-18-4-6-20-22(16-18)30(36)26(28(20)34)24(32)8-10-40-14-12-38-2/h3-6,15-16,25-26H,7-14H2,1-2H3. The van der Waals surface area contributed by atoms with Crippen molar-refractivity contribution in [1.29, 1.82) is 0 Å². The van der Waals surface area contributed by atoms with E-state index < -0.39 is 46.5 Å². The van der Waals surface area contributed by atoms with E-state index in [4.69, 9.17) is 23.7 Å². The summed E-state index contributed by atoms with van der Waals surface area (Å²) in [4.78, 5) is 76.7. The van der Waals surface area contributed by atoms with Crippen molar-refractivity contribution in [2.45, 2.75) is 12.8 Å². The van der Waals surface area contributed by atoms with E-state index in [1.54, 1.807) is 0 Å². The summed E-state index contributed by atoms with van der Waals surface area (Å²) in [5.74, 6) is -5.87. The highest BCUT2D eigenvalue weighted by atomic mass is 16.5. The van der Waals surface area contributed by atoms with Gasteiger partial charge in [0.2, 0.25) is 0 Å². The zero-order valence-corrected chi connectivity index (χ0v) is 22.8.